The van der Waals surface area contributed by atoms with E-state index >= 15 is 0 Å². The molecule has 1 unspecified atom stereocenters. The summed E-state index contributed by atoms with van der Waals surface area (Å²) in [6, 6.07) is -0.914. The Morgan fingerprint density at radius 3 is 2.43 bits per heavy atom. The fourth-order valence-electron chi connectivity index (χ4n) is 2.59. The highest BCUT2D eigenvalue weighted by Crippen LogP contribution is 2.53. The molecular weight excluding hydrogens is 417 g/mol. The maximum absolute atomic E-state index is 13.2. The number of hydrogen-bond donors (Lipinski definition) is 2. The van der Waals surface area contributed by atoms with Crippen molar-refractivity contribution in [1.82, 2.24) is 15.8 Å². The van der Waals surface area contributed by atoms with Gasteiger partial charge in [0.2, 0.25) is 0 Å². The quantitative estimate of drug-likeness (QED) is 0.274. The molecule has 0 spiro atoms. The zero-order chi connectivity index (χ0) is 22.9. The second kappa shape index (κ2) is 11.5. The van der Waals surface area contributed by atoms with Gasteiger partial charge in [-0.3, -0.25) is 19.6 Å². The van der Waals surface area contributed by atoms with Gasteiger partial charge >= 0.3 is 19.7 Å². The summed E-state index contributed by atoms with van der Waals surface area (Å²) >= 11 is 0. The third-order valence-electron chi connectivity index (χ3n) is 3.69. The van der Waals surface area contributed by atoms with E-state index < -0.39 is 42.9 Å². The van der Waals surface area contributed by atoms with Crippen LogP contribution >= 0.6 is 7.60 Å². The summed E-state index contributed by atoms with van der Waals surface area (Å²) < 4.78 is 34.0. The molecule has 1 rings (SSSR count). The smallest absolute Gasteiger partial charge is 0.408 e. The molecule has 0 radical (unpaired) electrons. The number of nitrogens with zero attached hydrogens (tertiary/aromatic N) is 1. The van der Waals surface area contributed by atoms with Crippen molar-refractivity contribution in [2.45, 2.75) is 51.9 Å². The van der Waals surface area contributed by atoms with Gasteiger partial charge in [-0.15, -0.1) is 0 Å². The van der Waals surface area contributed by atoms with E-state index in [4.69, 9.17) is 18.5 Å². The second-order valence-electron chi connectivity index (χ2n) is 7.39. The molecule has 0 aliphatic carbocycles. The number of ether oxygens (including phenoxy) is 2. The molecule has 172 valence electrons. The van der Waals surface area contributed by atoms with Crippen LogP contribution in [0.3, 0.4) is 0 Å². The summed E-state index contributed by atoms with van der Waals surface area (Å²) in [5.41, 5.74) is 0.505. The Kier molecular flexibility index (Phi) is 9.96. The van der Waals surface area contributed by atoms with Gasteiger partial charge in [-0.2, -0.15) is 0 Å². The van der Waals surface area contributed by atoms with Gasteiger partial charge in [0.25, 0.3) is 5.91 Å². The van der Waals surface area contributed by atoms with Crippen LogP contribution in [-0.2, 0) is 32.7 Å². The molecule has 0 aromatic rings. The third-order valence-corrected chi connectivity index (χ3v) is 6.06. The first-order chi connectivity index (χ1) is 14.0. The van der Waals surface area contributed by atoms with Gasteiger partial charge < -0.3 is 23.8 Å². The van der Waals surface area contributed by atoms with E-state index in [1.807, 2.05) is 0 Å². The average molecular weight is 449 g/mol. The number of carbonyl (C=O) groups excluding carboxylic acids is 3. The lowest BCUT2D eigenvalue weighted by Crippen LogP contribution is -2.44. The number of rotatable bonds is 11. The van der Waals surface area contributed by atoms with Gasteiger partial charge in [0.05, 0.1) is 13.2 Å². The summed E-state index contributed by atoms with van der Waals surface area (Å²) in [6.07, 6.45) is 0.625. The van der Waals surface area contributed by atoms with Gasteiger partial charge in [0.1, 0.15) is 18.2 Å². The number of hydrogen-bond acceptors (Lipinski definition) is 9. The molecule has 0 aromatic heterocycles. The highest BCUT2D eigenvalue weighted by molar-refractivity contribution is 7.55. The highest BCUT2D eigenvalue weighted by atomic mass is 31.2. The number of nitrogens with one attached hydrogen (secondary N) is 2. The maximum Gasteiger partial charge on any atom is 0.408 e. The van der Waals surface area contributed by atoms with Crippen molar-refractivity contribution in [3.05, 3.63) is 12.7 Å². The minimum Gasteiger partial charge on any atom is -0.461 e. The number of carbonyl (C=O) groups is 3. The van der Waals surface area contributed by atoms with E-state index in [1.165, 1.54) is 11.1 Å². The van der Waals surface area contributed by atoms with Crippen molar-refractivity contribution >= 4 is 25.6 Å². The molecule has 0 saturated carbocycles. The van der Waals surface area contributed by atoms with Gasteiger partial charge in [0, 0.05) is 13.1 Å². The molecular formula is C18H32N3O8P. The van der Waals surface area contributed by atoms with E-state index in [-0.39, 0.29) is 32.9 Å². The van der Waals surface area contributed by atoms with Gasteiger partial charge in [-0.25, -0.2) is 9.80 Å². The molecule has 1 aliphatic rings. The van der Waals surface area contributed by atoms with E-state index in [1.54, 1.807) is 34.6 Å². The molecule has 12 heteroatoms. The number of hydrazine groups is 1. The van der Waals surface area contributed by atoms with Gasteiger partial charge in [-0.05, 0) is 34.6 Å². The van der Waals surface area contributed by atoms with Crippen LogP contribution in [0, 0.1) is 0 Å². The Bertz CT molecular complexity index is 669. The lowest BCUT2D eigenvalue weighted by atomic mass is 10.2. The molecule has 30 heavy (non-hydrogen) atoms. The normalized spacial score (nSPS) is 18.4. The van der Waals surface area contributed by atoms with Crippen molar-refractivity contribution in [2.75, 3.05) is 32.9 Å². The number of esters is 1. The van der Waals surface area contributed by atoms with Crippen LogP contribution in [0.4, 0.5) is 4.79 Å². The Hall–Kier alpha value is -1.94. The topological polar surface area (TPSA) is 132 Å². The Morgan fingerprint density at radius 2 is 1.93 bits per heavy atom. The number of amides is 2. The van der Waals surface area contributed by atoms with Crippen LogP contribution in [0.1, 0.15) is 34.6 Å². The maximum atomic E-state index is 13.2. The molecule has 0 aromatic carbocycles. The third kappa shape index (κ3) is 8.06. The Balaban J connectivity index is 2.92. The zero-order valence-electron chi connectivity index (χ0n) is 18.1. The standard InChI is InChI=1S/C18H32N3O8P/c1-7-10-26-16(23)14(30(25,27-8-2)28-9-3)12-21-11-13(15(22)20-21)19-17(24)29-18(4,5)6/h7,13-14H,1,8-12H2,2-6H3,(H,19,24)(H,20,22)/t13-,14?/m0/s1. The van der Waals surface area contributed by atoms with Crippen molar-refractivity contribution in [1.29, 1.82) is 0 Å². The first-order valence-electron chi connectivity index (χ1n) is 9.67. The predicted molar refractivity (Wildman–Crippen MR) is 109 cm³/mol. The predicted octanol–water partition coefficient (Wildman–Crippen LogP) is 1.59. The summed E-state index contributed by atoms with van der Waals surface area (Å²) in [4.78, 5) is 36.7. The zero-order valence-corrected chi connectivity index (χ0v) is 19.0. The first-order valence-corrected chi connectivity index (χ1v) is 11.3. The molecule has 1 saturated heterocycles. The van der Waals surface area contributed by atoms with E-state index in [0.717, 1.165) is 0 Å². The van der Waals surface area contributed by atoms with E-state index in [9.17, 15) is 18.9 Å². The lowest BCUT2D eigenvalue weighted by Gasteiger charge is -2.27. The van der Waals surface area contributed by atoms with Crippen LogP contribution in [-0.4, -0.2) is 73.2 Å². The monoisotopic (exact) mass is 449 g/mol. The molecule has 2 N–H and O–H groups in total. The Labute approximate surface area is 176 Å². The van der Waals surface area contributed by atoms with Crippen molar-refractivity contribution in [3.63, 3.8) is 0 Å². The molecule has 1 aliphatic heterocycles. The molecule has 1 fully saturated rings. The fourth-order valence-corrected chi connectivity index (χ4v) is 4.47. The van der Waals surface area contributed by atoms with Gasteiger partial charge in [-0.1, -0.05) is 12.7 Å². The van der Waals surface area contributed by atoms with Crippen molar-refractivity contribution in [2.24, 2.45) is 0 Å². The second-order valence-corrected chi connectivity index (χ2v) is 9.61. The summed E-state index contributed by atoms with van der Waals surface area (Å²) in [7, 11) is -3.89. The van der Waals surface area contributed by atoms with E-state index in [2.05, 4.69) is 17.3 Å². The SMILES string of the molecule is C=CCOC(=O)C(CN1C[C@H](NC(=O)OC(C)(C)C)C(=O)N1)P(=O)(OCC)OCC. The van der Waals surface area contributed by atoms with Gasteiger partial charge in [0.15, 0.2) is 5.66 Å². The molecule has 11 nitrogen and oxygen atoms in total. The Morgan fingerprint density at radius 1 is 1.33 bits per heavy atom. The fraction of sp³-hybridized carbons (Fsp3) is 0.722. The van der Waals surface area contributed by atoms with Crippen LogP contribution in [0.25, 0.3) is 0 Å². The first kappa shape index (κ1) is 26.1. The van der Waals surface area contributed by atoms with Crippen LogP contribution < -0.4 is 10.7 Å². The minimum atomic E-state index is -3.89. The summed E-state index contributed by atoms with van der Waals surface area (Å²) in [5.74, 6) is -1.31. The largest absolute Gasteiger partial charge is 0.461 e. The lowest BCUT2D eigenvalue weighted by molar-refractivity contribution is -0.143. The molecule has 1 heterocycles. The van der Waals surface area contributed by atoms with Crippen molar-refractivity contribution in [3.8, 4) is 0 Å². The minimum absolute atomic E-state index is 0.0154. The van der Waals surface area contributed by atoms with E-state index in [0.29, 0.717) is 0 Å². The van der Waals surface area contributed by atoms with Crippen LogP contribution in [0.15, 0.2) is 12.7 Å². The summed E-state index contributed by atoms with van der Waals surface area (Å²) in [5, 5.41) is 3.82. The summed E-state index contributed by atoms with van der Waals surface area (Å²) in [6.45, 7) is 11.7. The number of alkyl carbamates (subject to hydrolysis) is 1. The van der Waals surface area contributed by atoms with Crippen LogP contribution in [0.5, 0.6) is 0 Å². The van der Waals surface area contributed by atoms with Crippen LogP contribution in [0.2, 0.25) is 0 Å². The molecule has 2 atom stereocenters. The average Bonchev–Trinajstić information content (AvgIpc) is 2.95. The van der Waals surface area contributed by atoms with Crippen molar-refractivity contribution < 1.29 is 37.5 Å². The molecule has 2 amide bonds. The highest BCUT2D eigenvalue weighted by Gasteiger charge is 2.45. The molecule has 0 bridgehead atoms.